The number of thiol groups is 1. The van der Waals surface area contributed by atoms with Crippen molar-refractivity contribution in [1.29, 1.82) is 0 Å². The molecule has 1 aliphatic rings. The van der Waals surface area contributed by atoms with Crippen molar-refractivity contribution in [3.63, 3.8) is 0 Å². The van der Waals surface area contributed by atoms with E-state index in [1.54, 1.807) is 0 Å². The van der Waals surface area contributed by atoms with Gasteiger partial charge in [-0.3, -0.25) is 0 Å². The van der Waals surface area contributed by atoms with E-state index in [1.807, 2.05) is 0 Å². The minimum absolute atomic E-state index is 0.237. The van der Waals surface area contributed by atoms with E-state index in [0.29, 0.717) is 0 Å². The van der Waals surface area contributed by atoms with Crippen LogP contribution in [-0.2, 0) is 0 Å². The van der Waals surface area contributed by atoms with Crippen LogP contribution in [0.2, 0.25) is 0 Å². The molecule has 0 bridgehead atoms. The Morgan fingerprint density at radius 2 is 1.89 bits per heavy atom. The maximum atomic E-state index is 4.53. The highest BCUT2D eigenvalue weighted by Gasteiger charge is 2.35. The van der Waals surface area contributed by atoms with Crippen LogP contribution in [0, 0.1) is 11.8 Å². The summed E-state index contributed by atoms with van der Waals surface area (Å²) >= 11 is 4.53. The van der Waals surface area contributed by atoms with Gasteiger partial charge in [-0.2, -0.15) is 12.6 Å². The largest absolute Gasteiger partial charge is 0.173 e. The van der Waals surface area contributed by atoms with Gasteiger partial charge >= 0.3 is 0 Å². The first-order chi connectivity index (χ1) is 4.02. The highest BCUT2D eigenvalue weighted by molar-refractivity contribution is 7.81. The van der Waals surface area contributed by atoms with Crippen molar-refractivity contribution in [3.05, 3.63) is 0 Å². The van der Waals surface area contributed by atoms with E-state index in [-0.39, 0.29) is 4.75 Å². The van der Waals surface area contributed by atoms with E-state index < -0.39 is 0 Å². The third-order valence-corrected chi connectivity index (χ3v) is 2.85. The first-order valence-electron chi connectivity index (χ1n) is 3.74. The normalized spacial score (nSPS) is 24.0. The first kappa shape index (κ1) is 7.46. The van der Waals surface area contributed by atoms with Crippen molar-refractivity contribution >= 4 is 12.6 Å². The Balaban J connectivity index is 2.40. The van der Waals surface area contributed by atoms with Crippen LogP contribution >= 0.6 is 12.6 Å². The molecule has 0 spiro atoms. The van der Waals surface area contributed by atoms with Crippen LogP contribution in [0.5, 0.6) is 0 Å². The molecule has 0 aromatic carbocycles. The summed E-state index contributed by atoms with van der Waals surface area (Å²) in [6.07, 6.45) is 2.87. The summed E-state index contributed by atoms with van der Waals surface area (Å²) < 4.78 is 0.237. The molecule has 9 heavy (non-hydrogen) atoms. The molecule has 0 aromatic rings. The molecule has 0 saturated heterocycles. The smallest absolute Gasteiger partial charge is 0.0101 e. The lowest BCUT2D eigenvalue weighted by atomic mass is 9.92. The summed E-state index contributed by atoms with van der Waals surface area (Å²) in [5, 5.41) is 0. The monoisotopic (exact) mass is 144 g/mol. The second-order valence-electron chi connectivity index (χ2n) is 3.78. The Hall–Kier alpha value is 0.350. The molecule has 0 aliphatic heterocycles. The molecule has 0 amide bonds. The molecule has 0 aromatic heterocycles. The second kappa shape index (κ2) is 2.19. The van der Waals surface area contributed by atoms with Gasteiger partial charge in [-0.1, -0.05) is 20.8 Å². The molecule has 1 unspecified atom stereocenters. The Bertz CT molecular complexity index is 97.6. The van der Waals surface area contributed by atoms with Crippen LogP contribution in [0.1, 0.15) is 33.6 Å². The number of hydrogen-bond acceptors (Lipinski definition) is 1. The zero-order chi connectivity index (χ0) is 7.07. The van der Waals surface area contributed by atoms with Crippen LogP contribution in [0.4, 0.5) is 0 Å². The van der Waals surface area contributed by atoms with Gasteiger partial charge in [0.2, 0.25) is 0 Å². The molecule has 1 atom stereocenters. The molecule has 0 radical (unpaired) electrons. The zero-order valence-corrected chi connectivity index (χ0v) is 7.41. The van der Waals surface area contributed by atoms with Crippen LogP contribution < -0.4 is 0 Å². The minimum atomic E-state index is 0.237. The Morgan fingerprint density at radius 3 is 2.00 bits per heavy atom. The van der Waals surface area contributed by atoms with Crippen molar-refractivity contribution < 1.29 is 0 Å². The molecule has 1 heteroatoms. The Morgan fingerprint density at radius 1 is 1.44 bits per heavy atom. The SMILES string of the molecule is CC(C1CC1)C(C)(C)S. The number of hydrogen-bond donors (Lipinski definition) is 1. The predicted octanol–water partition coefficient (Wildman–Crippen LogP) is 2.74. The molecule has 1 rings (SSSR count). The van der Waals surface area contributed by atoms with E-state index >= 15 is 0 Å². The Kier molecular flexibility index (Phi) is 1.81. The summed E-state index contributed by atoms with van der Waals surface area (Å²) in [6.45, 7) is 6.73. The second-order valence-corrected chi connectivity index (χ2v) is 4.93. The molecular formula is C8H16S. The third-order valence-electron chi connectivity index (χ3n) is 2.44. The molecule has 0 N–H and O–H groups in total. The Labute approximate surface area is 63.4 Å². The molecule has 0 heterocycles. The fourth-order valence-corrected chi connectivity index (χ4v) is 1.38. The summed E-state index contributed by atoms with van der Waals surface area (Å²) in [6, 6.07) is 0. The van der Waals surface area contributed by atoms with Gasteiger partial charge in [0.25, 0.3) is 0 Å². The zero-order valence-electron chi connectivity index (χ0n) is 6.52. The van der Waals surface area contributed by atoms with Crippen molar-refractivity contribution in [2.75, 3.05) is 0 Å². The van der Waals surface area contributed by atoms with E-state index in [1.165, 1.54) is 12.8 Å². The van der Waals surface area contributed by atoms with Gasteiger partial charge in [0.1, 0.15) is 0 Å². The van der Waals surface area contributed by atoms with Crippen LogP contribution in [-0.4, -0.2) is 4.75 Å². The molecular weight excluding hydrogens is 128 g/mol. The summed E-state index contributed by atoms with van der Waals surface area (Å²) in [5.74, 6) is 1.78. The minimum Gasteiger partial charge on any atom is -0.173 e. The molecule has 1 saturated carbocycles. The predicted molar refractivity (Wildman–Crippen MR) is 45.0 cm³/mol. The van der Waals surface area contributed by atoms with Crippen molar-refractivity contribution in [3.8, 4) is 0 Å². The quantitative estimate of drug-likeness (QED) is 0.566. The first-order valence-corrected chi connectivity index (χ1v) is 4.19. The maximum Gasteiger partial charge on any atom is 0.0101 e. The van der Waals surface area contributed by atoms with Gasteiger partial charge < -0.3 is 0 Å². The van der Waals surface area contributed by atoms with Gasteiger partial charge in [0.05, 0.1) is 0 Å². The molecule has 1 aliphatic carbocycles. The van der Waals surface area contributed by atoms with Crippen LogP contribution in [0.3, 0.4) is 0 Å². The standard InChI is InChI=1S/C8H16S/c1-6(7-4-5-7)8(2,3)9/h6-7,9H,4-5H2,1-3H3. The average Bonchev–Trinajstić information content (AvgIpc) is 2.40. The van der Waals surface area contributed by atoms with E-state index in [9.17, 15) is 0 Å². The van der Waals surface area contributed by atoms with E-state index in [2.05, 4.69) is 33.4 Å². The lowest BCUT2D eigenvalue weighted by Crippen LogP contribution is -2.23. The summed E-state index contributed by atoms with van der Waals surface area (Å²) in [5.41, 5.74) is 0. The van der Waals surface area contributed by atoms with Gasteiger partial charge in [-0.25, -0.2) is 0 Å². The van der Waals surface area contributed by atoms with Gasteiger partial charge in [0, 0.05) is 4.75 Å². The van der Waals surface area contributed by atoms with Crippen molar-refractivity contribution in [1.82, 2.24) is 0 Å². The summed E-state index contributed by atoms with van der Waals surface area (Å²) in [4.78, 5) is 0. The average molecular weight is 144 g/mol. The highest BCUT2D eigenvalue weighted by atomic mass is 32.1. The van der Waals surface area contributed by atoms with Crippen molar-refractivity contribution in [2.24, 2.45) is 11.8 Å². The van der Waals surface area contributed by atoms with Gasteiger partial charge in [0.15, 0.2) is 0 Å². The van der Waals surface area contributed by atoms with Crippen molar-refractivity contribution in [2.45, 2.75) is 38.4 Å². The fraction of sp³-hybridized carbons (Fsp3) is 1.00. The summed E-state index contributed by atoms with van der Waals surface area (Å²) in [7, 11) is 0. The lowest BCUT2D eigenvalue weighted by molar-refractivity contribution is 0.412. The topological polar surface area (TPSA) is 0 Å². The van der Waals surface area contributed by atoms with Crippen LogP contribution in [0.15, 0.2) is 0 Å². The third kappa shape index (κ3) is 1.89. The van der Waals surface area contributed by atoms with E-state index in [4.69, 9.17) is 0 Å². The lowest BCUT2D eigenvalue weighted by Gasteiger charge is -2.25. The molecule has 54 valence electrons. The van der Waals surface area contributed by atoms with E-state index in [0.717, 1.165) is 11.8 Å². The fourth-order valence-electron chi connectivity index (χ4n) is 1.17. The maximum absolute atomic E-state index is 4.53. The highest BCUT2D eigenvalue weighted by Crippen LogP contribution is 2.43. The molecule has 0 nitrogen and oxygen atoms in total. The number of rotatable bonds is 2. The molecule has 1 fully saturated rings. The van der Waals surface area contributed by atoms with Crippen LogP contribution in [0.25, 0.3) is 0 Å². The van der Waals surface area contributed by atoms with Gasteiger partial charge in [-0.05, 0) is 24.7 Å². The van der Waals surface area contributed by atoms with Gasteiger partial charge in [-0.15, -0.1) is 0 Å².